The summed E-state index contributed by atoms with van der Waals surface area (Å²) >= 11 is 0. The molecule has 32 heteroatoms. The van der Waals surface area contributed by atoms with Gasteiger partial charge in [0.15, 0.2) is 22.6 Å². The number of hydrogen-bond donors (Lipinski definition) is 4. The third kappa shape index (κ3) is 22.1. The van der Waals surface area contributed by atoms with Crippen molar-refractivity contribution < 1.29 is 110 Å². The quantitative estimate of drug-likeness (QED) is 0.0314. The van der Waals surface area contributed by atoms with E-state index < -0.39 is 123 Å². The summed E-state index contributed by atoms with van der Waals surface area (Å²) in [5.41, 5.74) is 1.07. The summed E-state index contributed by atoms with van der Waals surface area (Å²) in [5, 5.41) is 44.9. The fourth-order valence-corrected chi connectivity index (χ4v) is 18.1. The van der Waals surface area contributed by atoms with Crippen molar-refractivity contribution in [2.24, 2.45) is 0 Å². The van der Waals surface area contributed by atoms with E-state index in [4.69, 9.17) is 38.3 Å². The Morgan fingerprint density at radius 1 is 0.389 bits per heavy atom. The number of hydrogen-bond acceptors (Lipinski definition) is 16. The van der Waals surface area contributed by atoms with E-state index in [0.717, 1.165) is 125 Å². The first-order valence-electron chi connectivity index (χ1n) is 42.0. The highest BCUT2D eigenvalue weighted by molar-refractivity contribution is 5.88. The highest BCUT2D eigenvalue weighted by atomic mass is 19.2. The van der Waals surface area contributed by atoms with Crippen LogP contribution in [0.2, 0.25) is 0 Å². The summed E-state index contributed by atoms with van der Waals surface area (Å²) in [4.78, 5) is 66.2. The fraction of sp³-hybridized carbons (Fsp3) is 0.333. The smallest absolute Gasteiger partial charge is 0.336 e. The number of rotatable bonds is 20. The standard InChI is InChI=1S/C26H24F3NO4.C25H25F3N2O3.2C24H23F3N2O3/c1-14-8-17-12-21-16(5-7-23(33)34-21)11-18(17)25(30(14)13-26(2,3)29)24-19(27)9-15(10-20(24)28)4-6-22(31)32;1-13-7-16-10-21-20(29-14(2)33-21)11-17(16)24(30(13)12-25(3,4)28)23-18(26)8-15(9-19(23)27)5-6-22(31)32;1-13-8-16-15(5-6-20-17(16)11-28-32-20)23(29(13)12-24(2,3)27)22-18(25)9-14(10-19(22)26)4-7-21(30)31;1-13-6-15-10-20-16(11-28-32-20)9-17(15)23(29(13)12-24(2,3)27)22-18(25)7-14(8-19(22)26)4-5-21(30)31/h4-7,9-12,14,25H,8,13H2,1-3H3,(H,31,32);5-6,8-11,13,24H,7,12H2,1-4H3,(H,31,32);4-7,9-11,13,23H,8,12H2,1-3H3,(H,30,31);4-5,7-11,13,23H,6,12H2,1-3H3,(H,30,31)/b6-4+;6-5+;7-4+;5-4+. The second-order valence-electron chi connectivity index (χ2n) is 36.0. The lowest BCUT2D eigenvalue weighted by atomic mass is 9.82. The molecule has 0 saturated heterocycles. The monoisotopic (exact) mass is 1820 g/mol. The van der Waals surface area contributed by atoms with Crippen molar-refractivity contribution >= 4 is 92.2 Å². The van der Waals surface area contributed by atoms with Gasteiger partial charge in [0.2, 0.25) is 0 Å². The van der Waals surface area contributed by atoms with Crippen molar-refractivity contribution in [2.75, 3.05) is 26.2 Å². The minimum absolute atomic E-state index is 0.0283. The van der Waals surface area contributed by atoms with Crippen molar-refractivity contribution in [3.05, 3.63) is 298 Å². The molecule has 0 saturated carbocycles. The number of carboxylic acids is 4. The molecule has 0 amide bonds. The van der Waals surface area contributed by atoms with E-state index in [9.17, 15) is 41.5 Å². The van der Waals surface area contributed by atoms with Gasteiger partial charge in [0.25, 0.3) is 0 Å². The van der Waals surface area contributed by atoms with E-state index in [2.05, 4.69) is 15.3 Å². The van der Waals surface area contributed by atoms with E-state index in [1.165, 1.54) is 67.7 Å². The Labute approximate surface area is 744 Å². The van der Waals surface area contributed by atoms with Crippen LogP contribution >= 0.6 is 0 Å². The molecule has 12 aromatic rings. The summed E-state index contributed by atoms with van der Waals surface area (Å²) < 4.78 is 203. The Bertz CT molecular complexity index is 6420. The molecule has 8 unspecified atom stereocenters. The molecule has 688 valence electrons. The number of aliphatic carboxylic acids is 4. The van der Waals surface area contributed by atoms with E-state index in [-0.39, 0.29) is 94.9 Å². The second-order valence-corrected chi connectivity index (χ2v) is 36.0. The van der Waals surface area contributed by atoms with Crippen LogP contribution in [0.5, 0.6) is 0 Å². The fourth-order valence-electron chi connectivity index (χ4n) is 18.1. The molecule has 4 N–H and O–H groups in total. The number of fused-ring (bicyclic) bond motifs is 9. The molecule has 4 aliphatic rings. The van der Waals surface area contributed by atoms with Gasteiger partial charge < -0.3 is 38.3 Å². The zero-order valence-corrected chi connectivity index (χ0v) is 73.6. The number of aromatic nitrogens is 3. The third-order valence-electron chi connectivity index (χ3n) is 23.2. The lowest BCUT2D eigenvalue weighted by Gasteiger charge is -2.44. The van der Waals surface area contributed by atoms with Crippen LogP contribution in [-0.2, 0) is 44.9 Å². The highest BCUT2D eigenvalue weighted by Crippen LogP contribution is 2.49. The average molecular weight is 1820 g/mol. The molecule has 4 aromatic heterocycles. The van der Waals surface area contributed by atoms with Crippen molar-refractivity contribution in [2.45, 2.75) is 187 Å². The summed E-state index contributed by atoms with van der Waals surface area (Å²) in [7, 11) is 0. The first kappa shape index (κ1) is 95.8. The average Bonchev–Trinajstić information content (AvgIpc) is 1.69. The number of oxazole rings is 1. The first-order chi connectivity index (χ1) is 61.4. The van der Waals surface area contributed by atoms with Crippen LogP contribution in [0.3, 0.4) is 0 Å². The lowest BCUT2D eigenvalue weighted by molar-refractivity contribution is -0.132. The molecular weight excluding hydrogens is 1720 g/mol. The maximum absolute atomic E-state index is 15.4. The molecule has 8 aromatic carbocycles. The van der Waals surface area contributed by atoms with Crippen LogP contribution in [0.15, 0.2) is 169 Å². The summed E-state index contributed by atoms with van der Waals surface area (Å²) in [6.07, 6.45) is 12.9. The minimum atomic E-state index is -1.63. The van der Waals surface area contributed by atoms with Crippen LogP contribution in [-0.4, -0.2) is 152 Å². The van der Waals surface area contributed by atoms with Crippen LogP contribution in [0.4, 0.5) is 52.7 Å². The van der Waals surface area contributed by atoms with Gasteiger partial charge in [0.1, 0.15) is 80.3 Å². The molecule has 0 aliphatic carbocycles. The Balaban J connectivity index is 0.000000149. The van der Waals surface area contributed by atoms with Gasteiger partial charge in [-0.2, -0.15) is 0 Å². The predicted octanol–water partition coefficient (Wildman–Crippen LogP) is 21.4. The van der Waals surface area contributed by atoms with Gasteiger partial charge in [-0.05, 0) is 297 Å². The second kappa shape index (κ2) is 38.0. The van der Waals surface area contributed by atoms with Gasteiger partial charge in [0.05, 0.1) is 36.6 Å². The first-order valence-corrected chi connectivity index (χ1v) is 42.0. The number of halogens is 12. The molecule has 131 heavy (non-hydrogen) atoms. The Morgan fingerprint density at radius 3 is 1.08 bits per heavy atom. The van der Waals surface area contributed by atoms with Gasteiger partial charge in [-0.15, -0.1) is 0 Å². The molecule has 20 nitrogen and oxygen atoms in total. The Kier molecular flexibility index (Phi) is 27.8. The summed E-state index contributed by atoms with van der Waals surface area (Å²) in [5.74, 6) is -11.1. The minimum Gasteiger partial charge on any atom is -0.478 e. The van der Waals surface area contributed by atoms with E-state index in [1.807, 2.05) is 39.8 Å². The highest BCUT2D eigenvalue weighted by Gasteiger charge is 2.46. The zero-order valence-electron chi connectivity index (χ0n) is 73.6. The number of alkyl halides is 4. The number of nitrogens with zero attached hydrogens (tertiary/aromatic N) is 7. The molecular formula is C99H95F12N7O13. The molecule has 0 spiro atoms. The van der Waals surface area contributed by atoms with E-state index in [0.29, 0.717) is 92.4 Å². The number of carbonyl (C=O) groups is 4. The maximum atomic E-state index is 15.4. The molecule has 8 heterocycles. The Hall–Kier alpha value is -12.8. The third-order valence-corrected chi connectivity index (χ3v) is 23.2. The van der Waals surface area contributed by atoms with Gasteiger partial charge in [-0.3, -0.25) is 19.6 Å². The molecule has 0 radical (unpaired) electrons. The van der Waals surface area contributed by atoms with Gasteiger partial charge >= 0.3 is 29.5 Å². The maximum Gasteiger partial charge on any atom is 0.336 e. The zero-order chi connectivity index (χ0) is 95.3. The molecule has 0 fully saturated rings. The predicted molar refractivity (Wildman–Crippen MR) is 469 cm³/mol. The Morgan fingerprint density at radius 2 is 0.710 bits per heavy atom. The molecule has 8 atom stereocenters. The van der Waals surface area contributed by atoms with E-state index in [1.54, 1.807) is 75.2 Å². The van der Waals surface area contributed by atoms with Gasteiger partial charge in [-0.25, -0.2) is 81.6 Å². The van der Waals surface area contributed by atoms with Crippen molar-refractivity contribution in [1.29, 1.82) is 0 Å². The largest absolute Gasteiger partial charge is 0.478 e. The lowest BCUT2D eigenvalue weighted by Crippen LogP contribution is -2.48. The van der Waals surface area contributed by atoms with Crippen molar-refractivity contribution in [3.8, 4) is 0 Å². The van der Waals surface area contributed by atoms with E-state index >= 15 is 35.1 Å². The van der Waals surface area contributed by atoms with Crippen LogP contribution in [0, 0.1) is 53.5 Å². The SMILES string of the molecule is CC1Cc2c(ccc3oncc23)C(c2c(F)cc(/C=C/C(=O)O)cc2F)N1CC(C)(C)F.CC1Cc2cc3oc(=O)ccc3cc2C(c2c(F)cc(/C=C/C(=O)O)cc2F)N1CC(C)(C)F.CC1Cc2cc3oncc3cc2C(c2c(F)cc(/C=C/C(=O)O)cc2F)N1CC(C)(C)F.Cc1nc2cc3c(cc2o1)CC(C)N(CC(C)(C)F)C3c1c(F)cc(/C=C/C(=O)O)cc1F. The molecule has 4 aliphatic heterocycles. The summed E-state index contributed by atoms with van der Waals surface area (Å²) in [6, 6.07) is 21.1. The van der Waals surface area contributed by atoms with Crippen molar-refractivity contribution in [1.82, 2.24) is 34.9 Å². The van der Waals surface area contributed by atoms with Crippen molar-refractivity contribution in [3.63, 3.8) is 0 Å². The molecule has 0 bridgehead atoms. The number of aryl methyl sites for hydroxylation is 1. The number of benzene rings is 8. The molecule has 16 rings (SSSR count). The van der Waals surface area contributed by atoms with Crippen LogP contribution < -0.4 is 5.63 Å². The van der Waals surface area contributed by atoms with Gasteiger partial charge in [-0.1, -0.05) is 16.4 Å². The van der Waals surface area contributed by atoms with Crippen LogP contribution in [0.1, 0.15) is 202 Å². The normalized spacial score (nSPS) is 19.4. The topological polar surface area (TPSA) is 270 Å². The summed E-state index contributed by atoms with van der Waals surface area (Å²) in [6.45, 7) is 20.5. The van der Waals surface area contributed by atoms with Gasteiger partial charge in [0, 0.05) is 126 Å². The number of carboxylic acid groups (broad SMARTS) is 4. The van der Waals surface area contributed by atoms with Crippen LogP contribution in [0.25, 0.3) is 68.3 Å².